The van der Waals surface area contributed by atoms with Crippen LogP contribution in [-0.2, 0) is 6.54 Å². The number of anilines is 2. The van der Waals surface area contributed by atoms with Crippen molar-refractivity contribution in [3.05, 3.63) is 83.6 Å². The van der Waals surface area contributed by atoms with Crippen LogP contribution >= 0.6 is 0 Å². The number of rotatable bonds is 6. The Morgan fingerprint density at radius 2 is 1.93 bits per heavy atom. The molecule has 0 atom stereocenters. The van der Waals surface area contributed by atoms with Gasteiger partial charge in [0.1, 0.15) is 11.6 Å². The normalized spacial score (nSPS) is 9.93. The van der Waals surface area contributed by atoms with Crippen LogP contribution in [0.4, 0.5) is 11.5 Å². The molecule has 0 aliphatic rings. The molecule has 0 radical (unpaired) electrons. The highest BCUT2D eigenvalue weighted by Crippen LogP contribution is 2.19. The monoisotopic (exact) mass is 358 g/mol. The second-order valence-electron chi connectivity index (χ2n) is 5.74. The van der Waals surface area contributed by atoms with Gasteiger partial charge >= 0.3 is 0 Å². The van der Waals surface area contributed by atoms with Gasteiger partial charge in [-0.1, -0.05) is 18.2 Å². The number of carbonyl (C=O) groups is 1. The molecule has 6 nitrogen and oxygen atoms in total. The molecule has 3 aromatic rings. The van der Waals surface area contributed by atoms with Crippen molar-refractivity contribution in [1.82, 2.24) is 4.98 Å². The van der Waals surface area contributed by atoms with Crippen molar-refractivity contribution < 1.29 is 9.53 Å². The van der Waals surface area contributed by atoms with Crippen molar-refractivity contribution in [2.75, 3.05) is 17.7 Å². The van der Waals surface area contributed by atoms with Gasteiger partial charge in [0.25, 0.3) is 5.91 Å². The molecule has 0 saturated heterocycles. The molecule has 0 unspecified atom stereocenters. The molecule has 2 aromatic carbocycles. The van der Waals surface area contributed by atoms with Crippen molar-refractivity contribution in [2.45, 2.75) is 6.54 Å². The van der Waals surface area contributed by atoms with Gasteiger partial charge in [-0.2, -0.15) is 5.26 Å². The Hall–Kier alpha value is -3.85. The van der Waals surface area contributed by atoms with Gasteiger partial charge in [-0.25, -0.2) is 4.98 Å². The standard InChI is InChI=1S/C21H18N4O2/c1-27-19-5-3-2-4-17(19)14-24-20-12-16(10-11-23-20)21(26)25-18-8-6-15(13-22)7-9-18/h2-12H,14H2,1H3,(H,23,24)(H,25,26). The number of pyridine rings is 1. The Balaban J connectivity index is 1.67. The van der Waals surface area contributed by atoms with E-state index in [-0.39, 0.29) is 5.91 Å². The number of ether oxygens (including phenoxy) is 1. The molecule has 0 saturated carbocycles. The van der Waals surface area contributed by atoms with Gasteiger partial charge < -0.3 is 15.4 Å². The van der Waals surface area contributed by atoms with Crippen LogP contribution in [-0.4, -0.2) is 18.0 Å². The van der Waals surface area contributed by atoms with Crippen LogP contribution in [0.2, 0.25) is 0 Å². The van der Waals surface area contributed by atoms with E-state index >= 15 is 0 Å². The number of para-hydroxylation sites is 1. The highest BCUT2D eigenvalue weighted by atomic mass is 16.5. The molecular weight excluding hydrogens is 340 g/mol. The zero-order valence-corrected chi connectivity index (χ0v) is 14.8. The third-order valence-corrected chi connectivity index (χ3v) is 3.95. The number of nitrogens with one attached hydrogen (secondary N) is 2. The molecule has 134 valence electrons. The Labute approximate surface area is 157 Å². The summed E-state index contributed by atoms with van der Waals surface area (Å²) < 4.78 is 5.33. The lowest BCUT2D eigenvalue weighted by atomic mass is 10.2. The van der Waals surface area contributed by atoms with Gasteiger partial charge in [0.05, 0.1) is 18.7 Å². The molecule has 0 bridgehead atoms. The van der Waals surface area contributed by atoms with Crippen LogP contribution in [0.3, 0.4) is 0 Å². The smallest absolute Gasteiger partial charge is 0.255 e. The molecular formula is C21H18N4O2. The van der Waals surface area contributed by atoms with Gasteiger partial charge in [0.2, 0.25) is 0 Å². The maximum absolute atomic E-state index is 12.4. The largest absolute Gasteiger partial charge is 0.496 e. The van der Waals surface area contributed by atoms with Gasteiger partial charge in [-0.05, 0) is 42.5 Å². The number of nitriles is 1. The van der Waals surface area contributed by atoms with E-state index < -0.39 is 0 Å². The predicted molar refractivity (Wildman–Crippen MR) is 104 cm³/mol. The number of benzene rings is 2. The molecule has 0 aliphatic heterocycles. The summed E-state index contributed by atoms with van der Waals surface area (Å²) in [6.07, 6.45) is 1.58. The van der Waals surface area contributed by atoms with E-state index in [4.69, 9.17) is 10.00 Å². The first-order valence-electron chi connectivity index (χ1n) is 8.33. The fourth-order valence-electron chi connectivity index (χ4n) is 2.53. The summed E-state index contributed by atoms with van der Waals surface area (Å²) in [5.74, 6) is 1.13. The minimum absolute atomic E-state index is 0.248. The molecule has 6 heteroatoms. The number of nitrogens with zero attached hydrogens (tertiary/aromatic N) is 2. The number of carbonyl (C=O) groups excluding carboxylic acids is 1. The van der Waals surface area contributed by atoms with Crippen molar-refractivity contribution >= 4 is 17.4 Å². The van der Waals surface area contributed by atoms with E-state index in [1.54, 1.807) is 49.7 Å². The first kappa shape index (κ1) is 18.0. The Morgan fingerprint density at radius 3 is 2.67 bits per heavy atom. The summed E-state index contributed by atoms with van der Waals surface area (Å²) in [5, 5.41) is 14.8. The number of hydrogen-bond donors (Lipinski definition) is 2. The Kier molecular flexibility index (Phi) is 5.65. The van der Waals surface area contributed by atoms with Crippen LogP contribution < -0.4 is 15.4 Å². The van der Waals surface area contributed by atoms with E-state index in [0.29, 0.717) is 29.2 Å². The maximum atomic E-state index is 12.4. The van der Waals surface area contributed by atoms with Gasteiger partial charge in [-0.15, -0.1) is 0 Å². The minimum Gasteiger partial charge on any atom is -0.496 e. The molecule has 0 spiro atoms. The predicted octanol–water partition coefficient (Wildman–Crippen LogP) is 3.83. The van der Waals surface area contributed by atoms with Crippen LogP contribution in [0.15, 0.2) is 66.9 Å². The number of hydrogen-bond acceptors (Lipinski definition) is 5. The van der Waals surface area contributed by atoms with Crippen LogP contribution in [0.25, 0.3) is 0 Å². The summed E-state index contributed by atoms with van der Waals surface area (Å²) in [6.45, 7) is 0.526. The first-order valence-corrected chi connectivity index (χ1v) is 8.33. The van der Waals surface area contributed by atoms with Gasteiger partial charge in [0.15, 0.2) is 0 Å². The van der Waals surface area contributed by atoms with Crippen molar-refractivity contribution in [3.8, 4) is 11.8 Å². The molecule has 3 rings (SSSR count). The summed E-state index contributed by atoms with van der Waals surface area (Å²) >= 11 is 0. The van der Waals surface area contributed by atoms with E-state index in [2.05, 4.69) is 15.6 Å². The number of aromatic nitrogens is 1. The fourth-order valence-corrected chi connectivity index (χ4v) is 2.53. The van der Waals surface area contributed by atoms with E-state index in [1.807, 2.05) is 30.3 Å². The van der Waals surface area contributed by atoms with Gasteiger partial charge in [-0.3, -0.25) is 4.79 Å². The second-order valence-corrected chi connectivity index (χ2v) is 5.74. The quantitative estimate of drug-likeness (QED) is 0.699. The summed E-state index contributed by atoms with van der Waals surface area (Å²) in [5.41, 5.74) is 2.64. The summed E-state index contributed by atoms with van der Waals surface area (Å²) in [7, 11) is 1.63. The van der Waals surface area contributed by atoms with Crippen molar-refractivity contribution in [2.24, 2.45) is 0 Å². The van der Waals surface area contributed by atoms with Crippen LogP contribution in [0.5, 0.6) is 5.75 Å². The van der Waals surface area contributed by atoms with Gasteiger partial charge in [0, 0.05) is 29.6 Å². The average Bonchev–Trinajstić information content (AvgIpc) is 2.73. The summed E-state index contributed by atoms with van der Waals surface area (Å²) in [4.78, 5) is 16.7. The molecule has 1 amide bonds. The number of methoxy groups -OCH3 is 1. The third-order valence-electron chi connectivity index (χ3n) is 3.95. The Bertz CT molecular complexity index is 978. The average molecular weight is 358 g/mol. The molecule has 1 heterocycles. The lowest BCUT2D eigenvalue weighted by Crippen LogP contribution is -2.13. The molecule has 0 fully saturated rings. The van der Waals surface area contributed by atoms with E-state index in [0.717, 1.165) is 11.3 Å². The highest BCUT2D eigenvalue weighted by molar-refractivity contribution is 6.04. The SMILES string of the molecule is COc1ccccc1CNc1cc(C(=O)Nc2ccc(C#N)cc2)ccn1. The van der Waals surface area contributed by atoms with E-state index in [9.17, 15) is 4.79 Å². The zero-order chi connectivity index (χ0) is 19.1. The van der Waals surface area contributed by atoms with E-state index in [1.165, 1.54) is 0 Å². The zero-order valence-electron chi connectivity index (χ0n) is 14.8. The summed E-state index contributed by atoms with van der Waals surface area (Å²) in [6, 6.07) is 19.8. The molecule has 2 N–H and O–H groups in total. The molecule has 1 aromatic heterocycles. The highest BCUT2D eigenvalue weighted by Gasteiger charge is 2.08. The van der Waals surface area contributed by atoms with Crippen molar-refractivity contribution in [3.63, 3.8) is 0 Å². The lowest BCUT2D eigenvalue weighted by molar-refractivity contribution is 0.102. The lowest BCUT2D eigenvalue weighted by Gasteiger charge is -2.11. The topological polar surface area (TPSA) is 87.0 Å². The third kappa shape index (κ3) is 4.61. The first-order chi connectivity index (χ1) is 13.2. The van der Waals surface area contributed by atoms with Crippen LogP contribution in [0, 0.1) is 11.3 Å². The second kappa shape index (κ2) is 8.50. The molecule has 0 aliphatic carbocycles. The number of amides is 1. The van der Waals surface area contributed by atoms with Crippen molar-refractivity contribution in [1.29, 1.82) is 5.26 Å². The Morgan fingerprint density at radius 1 is 1.15 bits per heavy atom. The molecule has 27 heavy (non-hydrogen) atoms. The fraction of sp³-hybridized carbons (Fsp3) is 0.0952. The van der Waals surface area contributed by atoms with Crippen LogP contribution in [0.1, 0.15) is 21.5 Å². The minimum atomic E-state index is -0.248. The maximum Gasteiger partial charge on any atom is 0.255 e.